The molecule has 2 amide bonds. The highest BCUT2D eigenvalue weighted by molar-refractivity contribution is 9.10. The van der Waals surface area contributed by atoms with Gasteiger partial charge in [0.1, 0.15) is 0 Å². The van der Waals surface area contributed by atoms with Gasteiger partial charge in [-0.15, -0.1) is 0 Å². The van der Waals surface area contributed by atoms with Crippen LogP contribution in [0.1, 0.15) is 0 Å². The van der Waals surface area contributed by atoms with Crippen LogP contribution < -0.4 is 15.5 Å². The van der Waals surface area contributed by atoms with Crippen LogP contribution in [0.3, 0.4) is 0 Å². The standard InChI is InChI=1S/C16H16BrN3O2/c1-20(2)12-9-7-11(8-10-12)18-15(21)16(22)19-14-6-4-3-5-13(14)17/h3-10H,1-2H3,(H,18,21)(H,19,22). The van der Waals surface area contributed by atoms with Gasteiger partial charge < -0.3 is 15.5 Å². The maximum Gasteiger partial charge on any atom is 0.314 e. The predicted molar refractivity (Wildman–Crippen MR) is 92.2 cm³/mol. The first-order chi connectivity index (χ1) is 10.5. The van der Waals surface area contributed by atoms with Gasteiger partial charge in [0.05, 0.1) is 5.69 Å². The number of hydrogen-bond acceptors (Lipinski definition) is 3. The van der Waals surface area contributed by atoms with Crippen LogP contribution in [0.5, 0.6) is 0 Å². The van der Waals surface area contributed by atoms with Crippen LogP contribution in [0.25, 0.3) is 0 Å². The number of amides is 2. The fourth-order valence-corrected chi connectivity index (χ4v) is 2.16. The number of benzene rings is 2. The summed E-state index contributed by atoms with van der Waals surface area (Å²) in [6, 6.07) is 14.3. The highest BCUT2D eigenvalue weighted by Gasteiger charge is 2.15. The number of rotatable bonds is 3. The topological polar surface area (TPSA) is 61.4 Å². The van der Waals surface area contributed by atoms with Crippen LogP contribution >= 0.6 is 15.9 Å². The van der Waals surface area contributed by atoms with Crippen molar-refractivity contribution in [3.8, 4) is 0 Å². The van der Waals surface area contributed by atoms with Crippen LogP contribution in [0.4, 0.5) is 17.1 Å². The maximum atomic E-state index is 11.9. The first-order valence-corrected chi connectivity index (χ1v) is 7.41. The van der Waals surface area contributed by atoms with Crippen molar-refractivity contribution in [2.75, 3.05) is 29.6 Å². The Balaban J connectivity index is 1.99. The van der Waals surface area contributed by atoms with Gasteiger partial charge in [0.25, 0.3) is 0 Å². The second-order valence-electron chi connectivity index (χ2n) is 4.83. The van der Waals surface area contributed by atoms with Crippen LogP contribution in [0, 0.1) is 0 Å². The summed E-state index contributed by atoms with van der Waals surface area (Å²) in [6.07, 6.45) is 0. The predicted octanol–water partition coefficient (Wildman–Crippen LogP) is 3.09. The molecule has 2 aromatic rings. The molecule has 0 aliphatic carbocycles. The summed E-state index contributed by atoms with van der Waals surface area (Å²) in [7, 11) is 3.86. The molecule has 0 aliphatic rings. The lowest BCUT2D eigenvalue weighted by molar-refractivity contribution is -0.133. The van der Waals surface area contributed by atoms with E-state index >= 15 is 0 Å². The van der Waals surface area contributed by atoms with E-state index in [0.717, 1.165) is 5.69 Å². The summed E-state index contributed by atoms with van der Waals surface area (Å²) < 4.78 is 0.714. The number of halogens is 1. The van der Waals surface area contributed by atoms with E-state index in [-0.39, 0.29) is 0 Å². The Bertz CT molecular complexity index is 684. The minimum absolute atomic E-state index is 0.547. The molecular formula is C16H16BrN3O2. The second-order valence-corrected chi connectivity index (χ2v) is 5.68. The number of nitrogens with one attached hydrogen (secondary N) is 2. The molecule has 22 heavy (non-hydrogen) atoms. The van der Waals surface area contributed by atoms with E-state index in [1.54, 1.807) is 30.3 Å². The van der Waals surface area contributed by atoms with Gasteiger partial charge >= 0.3 is 11.8 Å². The second kappa shape index (κ2) is 7.09. The molecule has 0 spiro atoms. The van der Waals surface area contributed by atoms with E-state index in [4.69, 9.17) is 0 Å². The zero-order valence-electron chi connectivity index (χ0n) is 12.3. The van der Waals surface area contributed by atoms with Gasteiger partial charge in [0.2, 0.25) is 0 Å². The summed E-state index contributed by atoms with van der Waals surface area (Å²) in [6.45, 7) is 0. The molecule has 0 saturated carbocycles. The summed E-state index contributed by atoms with van der Waals surface area (Å²) in [5, 5.41) is 5.12. The largest absolute Gasteiger partial charge is 0.378 e. The highest BCUT2D eigenvalue weighted by atomic mass is 79.9. The monoisotopic (exact) mass is 361 g/mol. The van der Waals surface area contributed by atoms with Gasteiger partial charge in [-0.1, -0.05) is 12.1 Å². The molecule has 0 unspecified atom stereocenters. The van der Waals surface area contributed by atoms with E-state index in [2.05, 4.69) is 26.6 Å². The van der Waals surface area contributed by atoms with E-state index in [9.17, 15) is 9.59 Å². The zero-order valence-corrected chi connectivity index (χ0v) is 13.8. The third-order valence-electron chi connectivity index (χ3n) is 2.97. The molecule has 0 atom stereocenters. The Hall–Kier alpha value is -2.34. The molecular weight excluding hydrogens is 346 g/mol. The number of hydrogen-bond donors (Lipinski definition) is 2. The number of para-hydroxylation sites is 1. The lowest BCUT2D eigenvalue weighted by atomic mass is 10.2. The Kier molecular flexibility index (Phi) is 5.16. The minimum atomic E-state index is -0.719. The number of carbonyl (C=O) groups excluding carboxylic acids is 2. The fourth-order valence-electron chi connectivity index (χ4n) is 1.77. The summed E-state index contributed by atoms with van der Waals surface area (Å²) in [5.74, 6) is -1.43. The fraction of sp³-hybridized carbons (Fsp3) is 0.125. The minimum Gasteiger partial charge on any atom is -0.378 e. The van der Waals surface area contributed by atoms with Crippen LogP contribution in [0.15, 0.2) is 53.0 Å². The van der Waals surface area contributed by atoms with Crippen molar-refractivity contribution in [1.82, 2.24) is 0 Å². The van der Waals surface area contributed by atoms with Crippen molar-refractivity contribution >= 4 is 44.8 Å². The van der Waals surface area contributed by atoms with Gasteiger partial charge in [0, 0.05) is 29.9 Å². The Morgan fingerprint density at radius 2 is 1.50 bits per heavy atom. The molecule has 0 heterocycles. The van der Waals surface area contributed by atoms with Gasteiger partial charge in [-0.25, -0.2) is 0 Å². The quantitative estimate of drug-likeness (QED) is 0.825. The lowest BCUT2D eigenvalue weighted by Crippen LogP contribution is -2.29. The Labute approximate surface area is 137 Å². The Morgan fingerprint density at radius 3 is 2.09 bits per heavy atom. The Morgan fingerprint density at radius 1 is 0.909 bits per heavy atom. The molecule has 0 aliphatic heterocycles. The van der Waals surface area contributed by atoms with Crippen molar-refractivity contribution in [3.05, 3.63) is 53.0 Å². The van der Waals surface area contributed by atoms with Crippen molar-refractivity contribution in [1.29, 1.82) is 0 Å². The average molecular weight is 362 g/mol. The maximum absolute atomic E-state index is 11.9. The zero-order chi connectivity index (χ0) is 16.1. The molecule has 0 bridgehead atoms. The first kappa shape index (κ1) is 16.0. The third-order valence-corrected chi connectivity index (χ3v) is 3.66. The van der Waals surface area contributed by atoms with Crippen molar-refractivity contribution in [2.45, 2.75) is 0 Å². The highest BCUT2D eigenvalue weighted by Crippen LogP contribution is 2.21. The number of anilines is 3. The van der Waals surface area contributed by atoms with Crippen LogP contribution in [-0.4, -0.2) is 25.9 Å². The molecule has 0 radical (unpaired) electrons. The molecule has 114 valence electrons. The lowest BCUT2D eigenvalue weighted by Gasteiger charge is -2.13. The molecule has 2 rings (SSSR count). The van der Waals surface area contributed by atoms with Gasteiger partial charge in [-0.3, -0.25) is 9.59 Å². The van der Waals surface area contributed by atoms with Crippen LogP contribution in [-0.2, 0) is 9.59 Å². The van der Waals surface area contributed by atoms with Crippen molar-refractivity contribution in [3.63, 3.8) is 0 Å². The molecule has 0 aromatic heterocycles. The molecule has 2 aromatic carbocycles. The van der Waals surface area contributed by atoms with E-state index in [0.29, 0.717) is 15.8 Å². The summed E-state index contributed by atoms with van der Waals surface area (Å²) in [5.41, 5.74) is 2.12. The molecule has 0 fully saturated rings. The molecule has 5 nitrogen and oxygen atoms in total. The molecule has 0 saturated heterocycles. The van der Waals surface area contributed by atoms with Crippen LogP contribution in [0.2, 0.25) is 0 Å². The average Bonchev–Trinajstić information content (AvgIpc) is 2.50. The van der Waals surface area contributed by atoms with E-state index in [1.165, 1.54) is 0 Å². The van der Waals surface area contributed by atoms with Gasteiger partial charge in [0.15, 0.2) is 0 Å². The normalized spacial score (nSPS) is 9.95. The summed E-state index contributed by atoms with van der Waals surface area (Å²) >= 11 is 3.31. The first-order valence-electron chi connectivity index (χ1n) is 6.61. The number of nitrogens with zero attached hydrogens (tertiary/aromatic N) is 1. The van der Waals surface area contributed by atoms with E-state index < -0.39 is 11.8 Å². The molecule has 2 N–H and O–H groups in total. The smallest absolute Gasteiger partial charge is 0.314 e. The van der Waals surface area contributed by atoms with E-state index in [1.807, 2.05) is 37.2 Å². The third kappa shape index (κ3) is 4.08. The molecule has 6 heteroatoms. The van der Waals surface area contributed by atoms with Gasteiger partial charge in [-0.05, 0) is 52.3 Å². The van der Waals surface area contributed by atoms with Crippen molar-refractivity contribution < 1.29 is 9.59 Å². The SMILES string of the molecule is CN(C)c1ccc(NC(=O)C(=O)Nc2ccccc2Br)cc1. The summed E-state index contributed by atoms with van der Waals surface area (Å²) in [4.78, 5) is 25.7. The number of carbonyl (C=O) groups is 2. The van der Waals surface area contributed by atoms with Crippen molar-refractivity contribution in [2.24, 2.45) is 0 Å². The van der Waals surface area contributed by atoms with Gasteiger partial charge in [-0.2, -0.15) is 0 Å².